The number of nitrogens with zero attached hydrogens (tertiary/aromatic N) is 1. The predicted octanol–water partition coefficient (Wildman–Crippen LogP) is -0.483. The summed E-state index contributed by atoms with van der Waals surface area (Å²) in [5.41, 5.74) is 1.36. The minimum absolute atomic E-state index is 0.0267. The number of quaternary nitrogens is 1. The Kier molecular flexibility index (Phi) is 3.94. The highest BCUT2D eigenvalue weighted by molar-refractivity contribution is 5.94. The van der Waals surface area contributed by atoms with Gasteiger partial charge in [-0.05, 0) is 6.07 Å². The summed E-state index contributed by atoms with van der Waals surface area (Å²) in [6.45, 7) is 4.81. The van der Waals surface area contributed by atoms with E-state index in [4.69, 9.17) is 4.42 Å². The number of likely N-dealkylation sites (N-methyl/N-ethyl adjacent to an activating group) is 1. The van der Waals surface area contributed by atoms with Crippen LogP contribution in [-0.2, 0) is 6.54 Å². The van der Waals surface area contributed by atoms with E-state index in [0.29, 0.717) is 12.1 Å². The molecule has 5 nitrogen and oxygen atoms in total. The van der Waals surface area contributed by atoms with Crippen molar-refractivity contribution in [1.29, 1.82) is 0 Å². The monoisotopic (exact) mass is 288 g/mol. The van der Waals surface area contributed by atoms with E-state index >= 15 is 0 Å². The largest absolute Gasteiger partial charge is 0.542 e. The van der Waals surface area contributed by atoms with Gasteiger partial charge in [-0.2, -0.15) is 0 Å². The summed E-state index contributed by atoms with van der Waals surface area (Å²) >= 11 is 0. The molecule has 0 bridgehead atoms. The van der Waals surface area contributed by atoms with Gasteiger partial charge in [-0.1, -0.05) is 18.2 Å². The minimum atomic E-state index is -1.24. The summed E-state index contributed by atoms with van der Waals surface area (Å²) in [6, 6.07) is 7.46. The van der Waals surface area contributed by atoms with E-state index in [1.54, 1.807) is 6.07 Å². The zero-order chi connectivity index (χ0) is 14.8. The highest BCUT2D eigenvalue weighted by atomic mass is 16.4. The van der Waals surface area contributed by atoms with Crippen molar-refractivity contribution in [3.8, 4) is 0 Å². The number of carboxylic acids is 1. The van der Waals surface area contributed by atoms with Crippen LogP contribution in [0.25, 0.3) is 11.0 Å². The van der Waals surface area contributed by atoms with Gasteiger partial charge in [0.05, 0.1) is 20.1 Å². The van der Waals surface area contributed by atoms with Crippen molar-refractivity contribution in [2.24, 2.45) is 0 Å². The van der Waals surface area contributed by atoms with E-state index in [1.807, 2.05) is 18.2 Å². The van der Waals surface area contributed by atoms with Gasteiger partial charge in [-0.3, -0.25) is 4.90 Å². The molecule has 21 heavy (non-hydrogen) atoms. The van der Waals surface area contributed by atoms with Gasteiger partial charge in [0.15, 0.2) is 5.76 Å². The molecule has 1 unspecified atom stereocenters. The first-order valence-corrected chi connectivity index (χ1v) is 7.40. The first-order valence-electron chi connectivity index (χ1n) is 7.40. The summed E-state index contributed by atoms with van der Waals surface area (Å²) in [6.07, 6.45) is 1.13. The van der Waals surface area contributed by atoms with Gasteiger partial charge in [0.2, 0.25) is 0 Å². The molecule has 0 aliphatic carbocycles. The summed E-state index contributed by atoms with van der Waals surface area (Å²) in [5.74, 6) is -1.26. The van der Waals surface area contributed by atoms with Crippen LogP contribution in [0.15, 0.2) is 28.7 Å². The fraction of sp³-hybridized carbons (Fsp3) is 0.438. The second-order valence-electron chi connectivity index (χ2n) is 5.78. The first kappa shape index (κ1) is 14.1. The number of benzene rings is 1. The van der Waals surface area contributed by atoms with Crippen LogP contribution in [0, 0.1) is 0 Å². The molecular formula is C16H20N2O3. The van der Waals surface area contributed by atoms with Gasteiger partial charge in [0.1, 0.15) is 11.6 Å². The van der Waals surface area contributed by atoms with Gasteiger partial charge in [-0.25, -0.2) is 0 Å². The van der Waals surface area contributed by atoms with E-state index in [9.17, 15) is 9.90 Å². The number of hydrogen-bond acceptors (Lipinski definition) is 4. The maximum Gasteiger partial charge on any atom is 0.155 e. The normalized spacial score (nSPS) is 20.5. The maximum atomic E-state index is 11.3. The Bertz CT molecular complexity index is 650. The molecule has 1 atom stereocenters. The SMILES string of the molecule is C[NH+]1CCCN(Cc2c(C(=O)[O-])oc3ccccc23)CC1. The van der Waals surface area contributed by atoms with Crippen LogP contribution in [-0.4, -0.2) is 44.1 Å². The zero-order valence-corrected chi connectivity index (χ0v) is 12.2. The Hall–Kier alpha value is -1.85. The second kappa shape index (κ2) is 5.87. The molecule has 1 fully saturated rings. The molecule has 1 aromatic carbocycles. The average Bonchev–Trinajstić information content (AvgIpc) is 2.70. The molecule has 1 N–H and O–H groups in total. The molecular weight excluding hydrogens is 268 g/mol. The van der Waals surface area contributed by atoms with Crippen molar-refractivity contribution in [2.75, 3.05) is 33.2 Å². The van der Waals surface area contributed by atoms with Gasteiger partial charge < -0.3 is 19.2 Å². The summed E-state index contributed by atoms with van der Waals surface area (Å²) < 4.78 is 5.46. The number of fused-ring (bicyclic) bond motifs is 1. The van der Waals surface area contributed by atoms with Gasteiger partial charge in [-0.15, -0.1) is 0 Å². The number of para-hydroxylation sites is 1. The van der Waals surface area contributed by atoms with E-state index in [0.717, 1.165) is 43.5 Å². The maximum absolute atomic E-state index is 11.3. The van der Waals surface area contributed by atoms with Crippen LogP contribution in [0.2, 0.25) is 0 Å². The molecule has 3 rings (SSSR count). The fourth-order valence-corrected chi connectivity index (χ4v) is 2.99. The lowest BCUT2D eigenvalue weighted by Gasteiger charge is -2.19. The van der Waals surface area contributed by atoms with Crippen LogP contribution < -0.4 is 10.0 Å². The molecule has 0 spiro atoms. The van der Waals surface area contributed by atoms with Crippen molar-refractivity contribution in [3.05, 3.63) is 35.6 Å². The number of carboxylic acid groups (broad SMARTS) is 1. The molecule has 0 amide bonds. The molecule has 5 heteroatoms. The topological polar surface area (TPSA) is 61.0 Å². The third-order valence-corrected chi connectivity index (χ3v) is 4.20. The van der Waals surface area contributed by atoms with E-state index < -0.39 is 5.97 Å². The lowest BCUT2D eigenvalue weighted by atomic mass is 10.1. The standard InChI is InChI=1S/C16H20N2O3/c1-17-7-4-8-18(10-9-17)11-13-12-5-2-3-6-14(12)21-15(13)16(19)20/h2-3,5-6H,4,7-11H2,1H3,(H,19,20). The fourth-order valence-electron chi connectivity index (χ4n) is 2.99. The van der Waals surface area contributed by atoms with Gasteiger partial charge >= 0.3 is 0 Å². The highest BCUT2D eigenvalue weighted by Crippen LogP contribution is 2.26. The lowest BCUT2D eigenvalue weighted by Crippen LogP contribution is -3.09. The van der Waals surface area contributed by atoms with Crippen molar-refractivity contribution in [2.45, 2.75) is 13.0 Å². The van der Waals surface area contributed by atoms with E-state index in [2.05, 4.69) is 11.9 Å². The Morgan fingerprint density at radius 1 is 1.33 bits per heavy atom. The van der Waals surface area contributed by atoms with Crippen molar-refractivity contribution >= 4 is 16.9 Å². The van der Waals surface area contributed by atoms with Crippen LogP contribution in [0.5, 0.6) is 0 Å². The molecule has 2 aromatic rings. The van der Waals surface area contributed by atoms with Crippen LogP contribution in [0.1, 0.15) is 22.5 Å². The van der Waals surface area contributed by atoms with Crippen LogP contribution >= 0.6 is 0 Å². The number of hydrogen-bond donors (Lipinski definition) is 1. The molecule has 0 radical (unpaired) electrons. The molecule has 1 aliphatic heterocycles. The molecule has 0 saturated carbocycles. The number of carbonyl (C=O) groups is 1. The van der Waals surface area contributed by atoms with Gasteiger partial charge in [0.25, 0.3) is 0 Å². The Labute approximate surface area is 123 Å². The third kappa shape index (κ3) is 2.94. The predicted molar refractivity (Wildman–Crippen MR) is 77.1 cm³/mol. The van der Waals surface area contributed by atoms with Crippen LogP contribution in [0.3, 0.4) is 0 Å². The summed E-state index contributed by atoms with van der Waals surface area (Å²) in [4.78, 5) is 15.2. The Morgan fingerprint density at radius 3 is 2.95 bits per heavy atom. The smallest absolute Gasteiger partial charge is 0.155 e. The Balaban J connectivity index is 1.91. The summed E-state index contributed by atoms with van der Waals surface area (Å²) in [5, 5.41) is 12.2. The highest BCUT2D eigenvalue weighted by Gasteiger charge is 2.20. The number of rotatable bonds is 3. The Morgan fingerprint density at radius 2 is 2.14 bits per heavy atom. The van der Waals surface area contributed by atoms with E-state index in [-0.39, 0.29) is 5.76 Å². The molecule has 2 heterocycles. The van der Waals surface area contributed by atoms with Crippen LogP contribution in [0.4, 0.5) is 0 Å². The number of furan rings is 1. The number of carbonyl (C=O) groups excluding carboxylic acids is 1. The van der Waals surface area contributed by atoms with Gasteiger partial charge in [0, 0.05) is 37.0 Å². The lowest BCUT2D eigenvalue weighted by molar-refractivity contribution is -0.877. The average molecular weight is 288 g/mol. The minimum Gasteiger partial charge on any atom is -0.542 e. The molecule has 1 aliphatic rings. The second-order valence-corrected chi connectivity index (χ2v) is 5.78. The number of nitrogens with one attached hydrogen (secondary N) is 1. The first-order chi connectivity index (χ1) is 10.1. The summed E-state index contributed by atoms with van der Waals surface area (Å²) in [7, 11) is 2.20. The molecule has 1 saturated heterocycles. The van der Waals surface area contributed by atoms with E-state index in [1.165, 1.54) is 4.90 Å². The quantitative estimate of drug-likeness (QED) is 0.828. The zero-order valence-electron chi connectivity index (χ0n) is 12.2. The van der Waals surface area contributed by atoms with Crippen molar-refractivity contribution in [3.63, 3.8) is 0 Å². The molecule has 1 aromatic heterocycles. The third-order valence-electron chi connectivity index (χ3n) is 4.20. The molecule has 112 valence electrons. The van der Waals surface area contributed by atoms with Crippen molar-refractivity contribution in [1.82, 2.24) is 4.90 Å². The number of aromatic carboxylic acids is 1. The van der Waals surface area contributed by atoms with Crippen molar-refractivity contribution < 1.29 is 19.2 Å².